The number of carbonyl (C=O) groups is 1. The number of hydrogen-bond donors (Lipinski definition) is 2. The van der Waals surface area contributed by atoms with E-state index in [-0.39, 0.29) is 11.9 Å². The molecule has 0 amide bonds. The van der Waals surface area contributed by atoms with Gasteiger partial charge in [-0.15, -0.1) is 0 Å². The molecule has 0 radical (unpaired) electrons. The summed E-state index contributed by atoms with van der Waals surface area (Å²) in [6, 6.07) is 4.58. The number of carboxylic acids is 1. The molecule has 1 aromatic heterocycles. The summed E-state index contributed by atoms with van der Waals surface area (Å²) < 4.78 is 13.4. The summed E-state index contributed by atoms with van der Waals surface area (Å²) in [5.74, 6) is 1.94. The number of nitrogens with one attached hydrogen (secondary N) is 1. The number of benzene rings is 1. The smallest absolute Gasteiger partial charge is 0.309 e. The highest BCUT2D eigenvalue weighted by Gasteiger charge is 2.50. The second-order valence-electron chi connectivity index (χ2n) is 11.2. The summed E-state index contributed by atoms with van der Waals surface area (Å²) >= 11 is 12.6. The van der Waals surface area contributed by atoms with Crippen LogP contribution in [0.5, 0.6) is 0 Å². The molecule has 5 rings (SSSR count). The topological polar surface area (TPSA) is 78.4 Å². The quantitative estimate of drug-likeness (QED) is 0.419. The van der Waals surface area contributed by atoms with Crippen molar-refractivity contribution in [2.45, 2.75) is 70.4 Å². The van der Waals surface area contributed by atoms with Gasteiger partial charge in [0.2, 0.25) is 0 Å². The van der Waals surface area contributed by atoms with E-state index in [0.29, 0.717) is 39.7 Å². The van der Waals surface area contributed by atoms with Crippen LogP contribution in [0.1, 0.15) is 75.7 Å². The number of nitrogens with zero attached hydrogens (tertiary/aromatic N) is 3. The van der Waals surface area contributed by atoms with Crippen molar-refractivity contribution < 1.29 is 14.3 Å². The Bertz CT molecular complexity index is 1140. The fourth-order valence-electron chi connectivity index (χ4n) is 6.24. The summed E-state index contributed by atoms with van der Waals surface area (Å²) in [4.78, 5) is 23.3. The van der Waals surface area contributed by atoms with Gasteiger partial charge in [-0.2, -0.15) is 0 Å². The van der Waals surface area contributed by atoms with E-state index in [9.17, 15) is 14.3 Å². The molecule has 2 aromatic rings. The molecule has 0 bridgehead atoms. The van der Waals surface area contributed by atoms with Gasteiger partial charge in [-0.1, -0.05) is 29.3 Å². The number of carboxylic acid groups (broad SMARTS) is 1. The average molecular weight is 535 g/mol. The van der Waals surface area contributed by atoms with Gasteiger partial charge in [0, 0.05) is 23.5 Å². The number of aliphatic carboxylic acids is 1. The first-order valence-electron chi connectivity index (χ1n) is 12.8. The second kappa shape index (κ2) is 10.1. The normalized spacial score (nSPS) is 31.2. The number of hydrogen-bond acceptors (Lipinski definition) is 5. The third kappa shape index (κ3) is 5.07. The van der Waals surface area contributed by atoms with E-state index in [1.807, 2.05) is 13.8 Å². The Kier molecular flexibility index (Phi) is 7.18. The molecule has 9 heteroatoms. The van der Waals surface area contributed by atoms with Gasteiger partial charge < -0.3 is 15.3 Å². The Balaban J connectivity index is 1.17. The Hall–Kier alpha value is -1.96. The highest BCUT2D eigenvalue weighted by molar-refractivity contribution is 6.33. The molecule has 1 aromatic carbocycles. The molecule has 0 spiro atoms. The number of halogens is 3. The maximum absolute atomic E-state index is 13.4. The van der Waals surface area contributed by atoms with E-state index < -0.39 is 11.4 Å². The summed E-state index contributed by atoms with van der Waals surface area (Å²) in [6.45, 7) is 5.96. The van der Waals surface area contributed by atoms with Crippen molar-refractivity contribution in [1.29, 1.82) is 0 Å². The number of likely N-dealkylation sites (tertiary alicyclic amines) is 1. The van der Waals surface area contributed by atoms with Crippen molar-refractivity contribution in [2.24, 2.45) is 17.3 Å². The van der Waals surface area contributed by atoms with Crippen molar-refractivity contribution in [3.63, 3.8) is 0 Å². The lowest BCUT2D eigenvalue weighted by atomic mass is 9.64. The zero-order valence-electron chi connectivity index (χ0n) is 20.7. The van der Waals surface area contributed by atoms with Crippen LogP contribution >= 0.6 is 23.2 Å². The third-order valence-corrected chi connectivity index (χ3v) is 9.25. The third-order valence-electron chi connectivity index (χ3n) is 8.65. The van der Waals surface area contributed by atoms with Crippen LogP contribution in [0.3, 0.4) is 0 Å². The first kappa shape index (κ1) is 25.7. The molecule has 36 heavy (non-hydrogen) atoms. The van der Waals surface area contributed by atoms with Crippen LogP contribution in [0.4, 0.5) is 10.2 Å². The lowest BCUT2D eigenvalue weighted by Gasteiger charge is -2.51. The van der Waals surface area contributed by atoms with E-state index in [2.05, 4.69) is 15.2 Å². The van der Waals surface area contributed by atoms with Gasteiger partial charge in [0.15, 0.2) is 0 Å². The lowest BCUT2D eigenvalue weighted by Crippen LogP contribution is -2.56. The molecule has 2 atom stereocenters. The molecule has 0 unspecified atom stereocenters. The SMILES string of the molecule is C[C@@H](Nc1nc(C2CC([C@H]3CCCN(C4CC(C)(C(=O)O)C4)C3)C2)ncc1Cl)c1ccc(F)cc1Cl. The molecule has 194 valence electrons. The van der Waals surface area contributed by atoms with Crippen LogP contribution in [0.15, 0.2) is 24.4 Å². The van der Waals surface area contributed by atoms with Crippen molar-refractivity contribution in [3.05, 3.63) is 51.6 Å². The molecule has 1 saturated heterocycles. The van der Waals surface area contributed by atoms with Gasteiger partial charge in [0.05, 0.1) is 17.7 Å². The fourth-order valence-corrected chi connectivity index (χ4v) is 6.72. The molecule has 1 aliphatic heterocycles. The molecular weight excluding hydrogens is 502 g/mol. The molecule has 6 nitrogen and oxygen atoms in total. The Morgan fingerprint density at radius 2 is 2.00 bits per heavy atom. The number of aromatic nitrogens is 2. The molecule has 2 aliphatic carbocycles. The van der Waals surface area contributed by atoms with Crippen LogP contribution in [0, 0.1) is 23.1 Å². The van der Waals surface area contributed by atoms with Crippen LogP contribution in [0.2, 0.25) is 10.0 Å². The zero-order valence-corrected chi connectivity index (χ0v) is 22.2. The van der Waals surface area contributed by atoms with Gasteiger partial charge in [-0.05, 0) is 88.4 Å². The first-order chi connectivity index (χ1) is 17.1. The summed E-state index contributed by atoms with van der Waals surface area (Å²) in [5, 5.41) is 13.5. The minimum Gasteiger partial charge on any atom is -0.481 e. The summed E-state index contributed by atoms with van der Waals surface area (Å²) in [7, 11) is 0. The minimum absolute atomic E-state index is 0.199. The monoisotopic (exact) mass is 534 g/mol. The lowest BCUT2D eigenvalue weighted by molar-refractivity contribution is -0.158. The van der Waals surface area contributed by atoms with Crippen LogP contribution in [-0.4, -0.2) is 45.1 Å². The van der Waals surface area contributed by atoms with E-state index in [0.717, 1.165) is 50.2 Å². The molecular formula is C27H33Cl2FN4O2. The van der Waals surface area contributed by atoms with Crippen molar-refractivity contribution in [2.75, 3.05) is 18.4 Å². The van der Waals surface area contributed by atoms with E-state index in [4.69, 9.17) is 28.2 Å². The molecule has 2 N–H and O–H groups in total. The van der Waals surface area contributed by atoms with E-state index >= 15 is 0 Å². The number of anilines is 1. The van der Waals surface area contributed by atoms with Crippen molar-refractivity contribution in [1.82, 2.24) is 14.9 Å². The van der Waals surface area contributed by atoms with Gasteiger partial charge in [-0.25, -0.2) is 14.4 Å². The standard InChI is InChI=1S/C27H33Cl2FN4O2/c1-15(21-6-5-19(30)10-22(21)28)32-25-23(29)13-31-24(33-25)18-8-17(9-18)16-4-3-7-34(14-16)20-11-27(2,12-20)26(35)36/h5-6,10,13,15-18,20H,3-4,7-9,11-12,14H2,1-2H3,(H,35,36)(H,31,32,33)/t15-,16+,17?,18?,20?,27?/m1/s1. The predicted molar refractivity (Wildman–Crippen MR) is 139 cm³/mol. The average Bonchev–Trinajstić information content (AvgIpc) is 2.78. The Morgan fingerprint density at radius 1 is 1.25 bits per heavy atom. The van der Waals surface area contributed by atoms with Crippen molar-refractivity contribution >= 4 is 35.0 Å². The van der Waals surface area contributed by atoms with Crippen molar-refractivity contribution in [3.8, 4) is 0 Å². The van der Waals surface area contributed by atoms with Gasteiger partial charge in [-0.3, -0.25) is 4.79 Å². The molecule has 2 saturated carbocycles. The van der Waals surface area contributed by atoms with Crippen LogP contribution in [-0.2, 0) is 4.79 Å². The summed E-state index contributed by atoms with van der Waals surface area (Å²) in [6.07, 6.45) is 7.73. The second-order valence-corrected chi connectivity index (χ2v) is 12.0. The minimum atomic E-state index is -0.666. The summed E-state index contributed by atoms with van der Waals surface area (Å²) in [5.41, 5.74) is 0.228. The number of piperidine rings is 1. The fraction of sp³-hybridized carbons (Fsp3) is 0.593. The largest absolute Gasteiger partial charge is 0.481 e. The number of rotatable bonds is 7. The Labute approximate surface area is 221 Å². The van der Waals surface area contributed by atoms with Crippen LogP contribution in [0.25, 0.3) is 0 Å². The zero-order chi connectivity index (χ0) is 25.6. The highest BCUT2D eigenvalue weighted by Crippen LogP contribution is 2.49. The van der Waals surface area contributed by atoms with E-state index in [1.165, 1.54) is 25.0 Å². The molecule has 2 heterocycles. The maximum Gasteiger partial charge on any atom is 0.309 e. The maximum atomic E-state index is 13.4. The van der Waals surface area contributed by atoms with E-state index in [1.54, 1.807) is 12.3 Å². The highest BCUT2D eigenvalue weighted by atomic mass is 35.5. The Morgan fingerprint density at radius 3 is 2.69 bits per heavy atom. The predicted octanol–water partition coefficient (Wildman–Crippen LogP) is 6.55. The van der Waals surface area contributed by atoms with Gasteiger partial charge in [0.25, 0.3) is 0 Å². The first-order valence-corrected chi connectivity index (χ1v) is 13.6. The van der Waals surface area contributed by atoms with Crippen LogP contribution < -0.4 is 5.32 Å². The van der Waals surface area contributed by atoms with Gasteiger partial charge >= 0.3 is 5.97 Å². The molecule has 3 fully saturated rings. The molecule has 3 aliphatic rings. The van der Waals surface area contributed by atoms with Gasteiger partial charge in [0.1, 0.15) is 22.5 Å².